The largest absolute Gasteiger partial charge is 0.321 e. The van der Waals surface area contributed by atoms with E-state index in [4.69, 9.17) is 0 Å². The van der Waals surface area contributed by atoms with Gasteiger partial charge in [0, 0.05) is 45.4 Å². The van der Waals surface area contributed by atoms with Crippen LogP contribution in [0, 0.1) is 6.92 Å². The molecule has 0 atom stereocenters. The summed E-state index contributed by atoms with van der Waals surface area (Å²) in [6.07, 6.45) is 4.65. The molecule has 0 aliphatic heterocycles. The molecule has 2 heterocycles. The molecule has 0 saturated carbocycles. The Balaban J connectivity index is 1.77. The lowest BCUT2D eigenvalue weighted by atomic mass is 10.2. The van der Waals surface area contributed by atoms with Crippen molar-refractivity contribution in [2.24, 2.45) is 14.1 Å². The van der Waals surface area contributed by atoms with Crippen molar-refractivity contribution in [3.05, 3.63) is 29.6 Å². The zero-order valence-electron chi connectivity index (χ0n) is 10.5. The van der Waals surface area contributed by atoms with Crippen LogP contribution in [0.4, 0.5) is 0 Å². The van der Waals surface area contributed by atoms with E-state index in [1.54, 1.807) is 6.33 Å². The molecule has 0 spiro atoms. The predicted octanol–water partition coefficient (Wildman–Crippen LogP) is 0.189. The quantitative estimate of drug-likeness (QED) is 0.750. The van der Waals surface area contributed by atoms with Gasteiger partial charge in [0.05, 0.1) is 5.69 Å². The summed E-state index contributed by atoms with van der Waals surface area (Å²) in [5.74, 6) is 1.00. The molecule has 1 N–H and O–H groups in total. The highest BCUT2D eigenvalue weighted by Crippen LogP contribution is 2.03. The van der Waals surface area contributed by atoms with Gasteiger partial charge in [-0.2, -0.15) is 5.10 Å². The molecule has 0 radical (unpaired) electrons. The number of hydrogen-bond acceptors (Lipinski definition) is 4. The molecule has 0 aromatic carbocycles. The molecule has 6 nitrogen and oxygen atoms in total. The minimum absolute atomic E-state index is 0.845. The van der Waals surface area contributed by atoms with E-state index in [2.05, 4.69) is 20.6 Å². The van der Waals surface area contributed by atoms with Crippen LogP contribution in [-0.4, -0.2) is 31.1 Å². The van der Waals surface area contributed by atoms with Crippen molar-refractivity contribution < 1.29 is 0 Å². The number of rotatable bonds is 5. The normalized spacial score (nSPS) is 11.0. The van der Waals surface area contributed by atoms with E-state index in [-0.39, 0.29) is 0 Å². The molecule has 2 rings (SSSR count). The zero-order valence-corrected chi connectivity index (χ0v) is 10.5. The SMILES string of the molecule is Cc1nn(C)cc1CNCCc1nncn1C. The highest BCUT2D eigenvalue weighted by molar-refractivity contribution is 5.14. The third-order valence-corrected chi connectivity index (χ3v) is 2.76. The lowest BCUT2D eigenvalue weighted by Gasteiger charge is -2.03. The van der Waals surface area contributed by atoms with Gasteiger partial charge in [0.2, 0.25) is 0 Å². The average molecular weight is 234 g/mol. The Bertz CT molecular complexity index is 484. The van der Waals surface area contributed by atoms with Crippen LogP contribution in [0.2, 0.25) is 0 Å². The molecule has 2 aromatic rings. The smallest absolute Gasteiger partial charge is 0.133 e. The highest BCUT2D eigenvalue weighted by Gasteiger charge is 2.03. The van der Waals surface area contributed by atoms with Gasteiger partial charge >= 0.3 is 0 Å². The van der Waals surface area contributed by atoms with Crippen molar-refractivity contribution in [1.82, 2.24) is 29.9 Å². The standard InChI is InChI=1S/C11H18N6/c1-9-10(7-17(3)15-9)6-12-5-4-11-14-13-8-16(11)2/h7-8,12H,4-6H2,1-3H3. The molecular formula is C11H18N6. The summed E-state index contributed by atoms with van der Waals surface area (Å²) in [5, 5.41) is 15.6. The molecule has 0 amide bonds. The second kappa shape index (κ2) is 5.09. The molecule has 0 fully saturated rings. The van der Waals surface area contributed by atoms with Gasteiger partial charge in [0.15, 0.2) is 0 Å². The maximum absolute atomic E-state index is 4.30. The van der Waals surface area contributed by atoms with E-state index in [0.717, 1.165) is 31.0 Å². The maximum atomic E-state index is 4.30. The summed E-state index contributed by atoms with van der Waals surface area (Å²) in [5.41, 5.74) is 2.32. The first kappa shape index (κ1) is 11.8. The van der Waals surface area contributed by atoms with E-state index >= 15 is 0 Å². The molecule has 0 bridgehead atoms. The number of hydrogen-bond donors (Lipinski definition) is 1. The molecule has 17 heavy (non-hydrogen) atoms. The topological polar surface area (TPSA) is 60.6 Å². The van der Waals surface area contributed by atoms with Gasteiger partial charge in [-0.15, -0.1) is 10.2 Å². The fraction of sp³-hybridized carbons (Fsp3) is 0.545. The number of aryl methyl sites for hydroxylation is 3. The van der Waals surface area contributed by atoms with E-state index < -0.39 is 0 Å². The van der Waals surface area contributed by atoms with Crippen molar-refractivity contribution in [2.45, 2.75) is 19.9 Å². The first-order valence-corrected chi connectivity index (χ1v) is 5.69. The van der Waals surface area contributed by atoms with Crippen LogP contribution in [-0.2, 0) is 27.1 Å². The predicted molar refractivity (Wildman–Crippen MR) is 64.4 cm³/mol. The van der Waals surface area contributed by atoms with Crippen LogP contribution < -0.4 is 5.32 Å². The molecular weight excluding hydrogens is 216 g/mol. The van der Waals surface area contributed by atoms with Crippen LogP contribution >= 0.6 is 0 Å². The molecule has 6 heteroatoms. The number of nitrogens with zero attached hydrogens (tertiary/aromatic N) is 5. The van der Waals surface area contributed by atoms with E-state index in [1.807, 2.05) is 36.5 Å². The van der Waals surface area contributed by atoms with E-state index in [0.29, 0.717) is 0 Å². The first-order chi connectivity index (χ1) is 8.16. The number of nitrogens with one attached hydrogen (secondary N) is 1. The summed E-state index contributed by atoms with van der Waals surface area (Å²) in [6, 6.07) is 0. The Labute approximate surface area is 101 Å². The van der Waals surface area contributed by atoms with Crippen molar-refractivity contribution in [3.63, 3.8) is 0 Å². The molecule has 0 saturated heterocycles. The Morgan fingerprint density at radius 1 is 1.35 bits per heavy atom. The van der Waals surface area contributed by atoms with Gasteiger partial charge in [-0.3, -0.25) is 4.68 Å². The Morgan fingerprint density at radius 2 is 2.18 bits per heavy atom. The van der Waals surface area contributed by atoms with Crippen molar-refractivity contribution in [3.8, 4) is 0 Å². The lowest BCUT2D eigenvalue weighted by molar-refractivity contribution is 0.652. The Morgan fingerprint density at radius 3 is 2.76 bits per heavy atom. The van der Waals surface area contributed by atoms with Gasteiger partial charge in [0.25, 0.3) is 0 Å². The third kappa shape index (κ3) is 2.91. The fourth-order valence-corrected chi connectivity index (χ4v) is 1.78. The lowest BCUT2D eigenvalue weighted by Crippen LogP contribution is -2.18. The summed E-state index contributed by atoms with van der Waals surface area (Å²) < 4.78 is 3.78. The minimum Gasteiger partial charge on any atom is -0.321 e. The number of aromatic nitrogens is 5. The summed E-state index contributed by atoms with van der Waals surface area (Å²) >= 11 is 0. The summed E-state index contributed by atoms with van der Waals surface area (Å²) in [7, 11) is 3.90. The van der Waals surface area contributed by atoms with Crippen LogP contribution in [0.15, 0.2) is 12.5 Å². The van der Waals surface area contributed by atoms with Crippen molar-refractivity contribution in [2.75, 3.05) is 6.54 Å². The Hall–Kier alpha value is -1.69. The van der Waals surface area contributed by atoms with Crippen LogP contribution in [0.25, 0.3) is 0 Å². The Kier molecular flexibility index (Phi) is 3.53. The first-order valence-electron chi connectivity index (χ1n) is 5.69. The summed E-state index contributed by atoms with van der Waals surface area (Å²) in [6.45, 7) is 3.76. The molecule has 0 aliphatic carbocycles. The summed E-state index contributed by atoms with van der Waals surface area (Å²) in [4.78, 5) is 0. The van der Waals surface area contributed by atoms with E-state index in [9.17, 15) is 0 Å². The van der Waals surface area contributed by atoms with Crippen molar-refractivity contribution in [1.29, 1.82) is 0 Å². The molecule has 2 aromatic heterocycles. The van der Waals surface area contributed by atoms with Gasteiger partial charge in [0.1, 0.15) is 12.2 Å². The zero-order chi connectivity index (χ0) is 12.3. The maximum Gasteiger partial charge on any atom is 0.133 e. The molecule has 0 aliphatic rings. The van der Waals surface area contributed by atoms with Gasteiger partial charge in [-0.05, 0) is 6.92 Å². The van der Waals surface area contributed by atoms with Gasteiger partial charge < -0.3 is 9.88 Å². The molecule has 92 valence electrons. The second-order valence-corrected chi connectivity index (χ2v) is 4.20. The highest BCUT2D eigenvalue weighted by atomic mass is 15.3. The second-order valence-electron chi connectivity index (χ2n) is 4.20. The van der Waals surface area contributed by atoms with Crippen LogP contribution in [0.1, 0.15) is 17.1 Å². The van der Waals surface area contributed by atoms with Crippen molar-refractivity contribution >= 4 is 0 Å². The molecule has 0 unspecified atom stereocenters. The van der Waals surface area contributed by atoms with Crippen LogP contribution in [0.5, 0.6) is 0 Å². The fourth-order valence-electron chi connectivity index (χ4n) is 1.78. The monoisotopic (exact) mass is 234 g/mol. The third-order valence-electron chi connectivity index (χ3n) is 2.76. The van der Waals surface area contributed by atoms with Gasteiger partial charge in [-0.25, -0.2) is 0 Å². The van der Waals surface area contributed by atoms with Crippen LogP contribution in [0.3, 0.4) is 0 Å². The van der Waals surface area contributed by atoms with E-state index in [1.165, 1.54) is 5.56 Å². The van der Waals surface area contributed by atoms with Gasteiger partial charge in [-0.1, -0.05) is 0 Å². The minimum atomic E-state index is 0.845. The average Bonchev–Trinajstić information content (AvgIpc) is 2.81.